The third-order valence-corrected chi connectivity index (χ3v) is 2.36. The van der Waals surface area contributed by atoms with Crippen molar-refractivity contribution in [3.63, 3.8) is 0 Å². The van der Waals surface area contributed by atoms with E-state index in [2.05, 4.69) is 10.1 Å². The molecule has 0 radical (unpaired) electrons. The van der Waals surface area contributed by atoms with Crippen LogP contribution in [0.4, 0.5) is 14.5 Å². The van der Waals surface area contributed by atoms with Gasteiger partial charge in [0, 0.05) is 6.42 Å². The average molecular weight is 369 g/mol. The molecule has 0 fully saturated rings. The fourth-order valence-electron chi connectivity index (χ4n) is 1.33. The van der Waals surface area contributed by atoms with Gasteiger partial charge in [-0.3, -0.25) is 4.79 Å². The Balaban J connectivity index is 2.73. The Morgan fingerprint density at radius 3 is 2.72 bits per heavy atom. The van der Waals surface area contributed by atoms with E-state index in [9.17, 15) is 13.6 Å². The van der Waals surface area contributed by atoms with Crippen LogP contribution in [0.15, 0.2) is 24.3 Å². The number of ether oxygens (including phenoxy) is 1. The monoisotopic (exact) mass is 369 g/mol. The average Bonchev–Trinajstić information content (AvgIpc) is 2.27. The van der Waals surface area contributed by atoms with Crippen LogP contribution >= 0.6 is 22.6 Å². The molecule has 1 aromatic carbocycles. The van der Waals surface area contributed by atoms with Crippen LogP contribution in [0.2, 0.25) is 0 Å². The summed E-state index contributed by atoms with van der Waals surface area (Å²) in [4.78, 5) is 11.5. The molecule has 0 heterocycles. The first-order chi connectivity index (χ1) is 8.42. The molecule has 0 atom stereocenters. The molecule has 0 aliphatic rings. The summed E-state index contributed by atoms with van der Waals surface area (Å²) in [6, 6.07) is 6.14. The molecule has 0 aromatic heterocycles. The molecule has 18 heavy (non-hydrogen) atoms. The van der Waals surface area contributed by atoms with E-state index in [0.29, 0.717) is 6.42 Å². The molecule has 0 saturated heterocycles. The quantitative estimate of drug-likeness (QED) is 0.604. The van der Waals surface area contributed by atoms with Crippen LogP contribution < -0.4 is 10.1 Å². The summed E-state index contributed by atoms with van der Waals surface area (Å²) in [5, 5.41) is 2.57. The van der Waals surface area contributed by atoms with E-state index in [1.54, 1.807) is 12.1 Å². The van der Waals surface area contributed by atoms with E-state index in [0.717, 1.165) is 35.4 Å². The highest BCUT2D eigenvalue weighted by Crippen LogP contribution is 2.32. The number of rotatable bonds is 6. The normalized spacial score (nSPS) is 11.1. The Bertz CT molecular complexity index is 407. The predicted octanol–water partition coefficient (Wildman–Crippen LogP) is 4.18. The lowest BCUT2D eigenvalue weighted by Gasteiger charge is -2.15. The Morgan fingerprint density at radius 1 is 1.44 bits per heavy atom. The zero-order chi connectivity index (χ0) is 13.6. The molecule has 1 N–H and O–H groups in total. The first-order valence-electron chi connectivity index (χ1n) is 5.57. The van der Waals surface area contributed by atoms with Crippen LogP contribution in [0, 0.1) is 0 Å². The summed E-state index contributed by atoms with van der Waals surface area (Å²) in [7, 11) is 0. The van der Waals surface area contributed by atoms with Crippen LogP contribution in [-0.2, 0) is 4.79 Å². The van der Waals surface area contributed by atoms with Crippen LogP contribution in [0.25, 0.3) is 0 Å². The van der Waals surface area contributed by atoms with E-state index in [-0.39, 0.29) is 17.3 Å². The van der Waals surface area contributed by atoms with Gasteiger partial charge in [0.25, 0.3) is 0 Å². The first kappa shape index (κ1) is 15.1. The highest BCUT2D eigenvalue weighted by atomic mass is 127. The summed E-state index contributed by atoms with van der Waals surface area (Å²) >= 11 is 0.885. The minimum atomic E-state index is -3.30. The number of unbranched alkanes of at least 4 members (excludes halogenated alkanes) is 1. The molecule has 6 heteroatoms. The number of para-hydroxylation sites is 2. The van der Waals surface area contributed by atoms with Gasteiger partial charge in [-0.2, -0.15) is 8.78 Å². The first-order valence-corrected chi connectivity index (χ1v) is 6.65. The molecule has 1 aromatic rings. The molecular weight excluding hydrogens is 355 g/mol. The van der Waals surface area contributed by atoms with Gasteiger partial charge in [-0.05, 0) is 18.6 Å². The zero-order valence-corrected chi connectivity index (χ0v) is 12.0. The lowest BCUT2D eigenvalue weighted by molar-refractivity contribution is -0.116. The van der Waals surface area contributed by atoms with Crippen molar-refractivity contribution in [1.82, 2.24) is 0 Å². The maximum atomic E-state index is 12.8. The van der Waals surface area contributed by atoms with Crippen LogP contribution in [0.1, 0.15) is 26.2 Å². The van der Waals surface area contributed by atoms with E-state index >= 15 is 0 Å². The second kappa shape index (κ2) is 6.86. The van der Waals surface area contributed by atoms with Crippen molar-refractivity contribution in [2.24, 2.45) is 0 Å². The summed E-state index contributed by atoms with van der Waals surface area (Å²) in [5.41, 5.74) is 0.259. The minimum absolute atomic E-state index is 0.0400. The molecule has 100 valence electrons. The summed E-state index contributed by atoms with van der Waals surface area (Å²) in [6.45, 7) is 1.97. The molecule has 0 unspecified atom stereocenters. The fraction of sp³-hybridized carbons (Fsp3) is 0.417. The van der Waals surface area contributed by atoms with Crippen molar-refractivity contribution in [3.05, 3.63) is 24.3 Å². The molecule has 0 bridgehead atoms. The Morgan fingerprint density at radius 2 is 2.11 bits per heavy atom. The van der Waals surface area contributed by atoms with Gasteiger partial charge >= 0.3 is 4.12 Å². The number of halogens is 3. The smallest absolute Gasteiger partial charge is 0.423 e. The van der Waals surface area contributed by atoms with Crippen molar-refractivity contribution in [3.8, 4) is 5.75 Å². The highest BCUT2D eigenvalue weighted by Gasteiger charge is 2.27. The zero-order valence-electron chi connectivity index (χ0n) is 9.88. The summed E-state index contributed by atoms with van der Waals surface area (Å²) in [5.74, 6) is -0.244. The SMILES string of the molecule is CCCCC(=O)Nc1ccccc1OC(F)(F)I. The number of carbonyl (C=O) groups is 1. The maximum Gasteiger partial charge on any atom is 0.451 e. The number of hydrogen-bond donors (Lipinski definition) is 1. The van der Waals surface area contributed by atoms with Gasteiger partial charge in [-0.15, -0.1) is 0 Å². The van der Waals surface area contributed by atoms with Crippen molar-refractivity contribution in [2.45, 2.75) is 30.3 Å². The van der Waals surface area contributed by atoms with Crippen molar-refractivity contribution < 1.29 is 18.3 Å². The number of anilines is 1. The standard InChI is InChI=1S/C12H14F2INO2/c1-2-3-8-11(17)16-9-6-4-5-7-10(9)18-12(13,14)15/h4-7H,2-3,8H2,1H3,(H,16,17). The minimum Gasteiger partial charge on any atom is -0.423 e. The van der Waals surface area contributed by atoms with Gasteiger partial charge in [0.15, 0.2) is 5.75 Å². The van der Waals surface area contributed by atoms with Crippen LogP contribution in [0.3, 0.4) is 0 Å². The van der Waals surface area contributed by atoms with E-state index < -0.39 is 4.12 Å². The van der Waals surface area contributed by atoms with Gasteiger partial charge in [0.1, 0.15) is 0 Å². The lowest BCUT2D eigenvalue weighted by atomic mass is 10.2. The molecule has 0 saturated carbocycles. The van der Waals surface area contributed by atoms with Crippen molar-refractivity contribution in [2.75, 3.05) is 5.32 Å². The molecule has 1 amide bonds. The summed E-state index contributed by atoms with van der Waals surface area (Å²) < 4.78 is 26.7. The molecule has 1 rings (SSSR count). The van der Waals surface area contributed by atoms with Gasteiger partial charge in [0.2, 0.25) is 5.91 Å². The van der Waals surface area contributed by atoms with Gasteiger partial charge in [-0.1, -0.05) is 25.5 Å². The van der Waals surface area contributed by atoms with Crippen LogP contribution in [0.5, 0.6) is 5.75 Å². The van der Waals surface area contributed by atoms with Gasteiger partial charge < -0.3 is 10.1 Å². The Hall–Kier alpha value is -0.920. The third kappa shape index (κ3) is 5.61. The van der Waals surface area contributed by atoms with E-state index in [1.165, 1.54) is 12.1 Å². The number of alkyl halides is 3. The number of carbonyl (C=O) groups excluding carboxylic acids is 1. The molecular formula is C12H14F2INO2. The predicted molar refractivity (Wildman–Crippen MR) is 74.2 cm³/mol. The van der Waals surface area contributed by atoms with Gasteiger partial charge in [0.05, 0.1) is 28.3 Å². The second-order valence-electron chi connectivity index (χ2n) is 3.70. The molecule has 0 aliphatic heterocycles. The highest BCUT2D eigenvalue weighted by molar-refractivity contribution is 14.1. The number of benzene rings is 1. The Kier molecular flexibility index (Phi) is 5.77. The van der Waals surface area contributed by atoms with Gasteiger partial charge in [-0.25, -0.2) is 0 Å². The number of hydrogen-bond acceptors (Lipinski definition) is 2. The van der Waals surface area contributed by atoms with E-state index in [4.69, 9.17) is 0 Å². The summed E-state index contributed by atoms with van der Waals surface area (Å²) in [6.07, 6.45) is 2.03. The largest absolute Gasteiger partial charge is 0.451 e. The fourth-order valence-corrected chi connectivity index (χ4v) is 1.57. The Labute approximate surface area is 118 Å². The van der Waals surface area contributed by atoms with Crippen LogP contribution in [-0.4, -0.2) is 10.0 Å². The van der Waals surface area contributed by atoms with E-state index in [1.807, 2.05) is 6.92 Å². The topological polar surface area (TPSA) is 38.3 Å². The second-order valence-corrected chi connectivity index (χ2v) is 4.95. The third-order valence-electron chi connectivity index (χ3n) is 2.14. The molecule has 0 spiro atoms. The molecule has 3 nitrogen and oxygen atoms in total. The lowest BCUT2D eigenvalue weighted by Crippen LogP contribution is -2.17. The number of nitrogens with one attached hydrogen (secondary N) is 1. The maximum absolute atomic E-state index is 12.8. The van der Waals surface area contributed by atoms with Crippen molar-refractivity contribution in [1.29, 1.82) is 0 Å². The molecule has 0 aliphatic carbocycles. The van der Waals surface area contributed by atoms with Crippen molar-refractivity contribution >= 4 is 34.2 Å². The number of amides is 1.